The molecule has 96 valence electrons. The molecule has 0 aliphatic heterocycles. The molecule has 0 bridgehead atoms. The van der Waals surface area contributed by atoms with Crippen LogP contribution in [0.5, 0.6) is 0 Å². The molecular formula is C14H22BrNS. The van der Waals surface area contributed by atoms with Crippen LogP contribution in [-0.4, -0.2) is 18.8 Å². The highest BCUT2D eigenvalue weighted by molar-refractivity contribution is 9.10. The van der Waals surface area contributed by atoms with E-state index in [1.165, 1.54) is 17.7 Å². The van der Waals surface area contributed by atoms with Crippen LogP contribution in [0.1, 0.15) is 26.7 Å². The molecule has 0 saturated heterocycles. The van der Waals surface area contributed by atoms with E-state index in [1.807, 2.05) is 11.8 Å². The number of benzene rings is 1. The molecule has 1 aromatic carbocycles. The summed E-state index contributed by atoms with van der Waals surface area (Å²) >= 11 is 5.44. The van der Waals surface area contributed by atoms with Gasteiger partial charge in [-0.3, -0.25) is 0 Å². The minimum Gasteiger partial charge on any atom is -0.316 e. The predicted molar refractivity (Wildman–Crippen MR) is 81.8 cm³/mol. The maximum atomic E-state index is 3.51. The van der Waals surface area contributed by atoms with Crippen molar-refractivity contribution in [2.45, 2.75) is 37.6 Å². The van der Waals surface area contributed by atoms with Crippen molar-refractivity contribution in [1.29, 1.82) is 0 Å². The summed E-state index contributed by atoms with van der Waals surface area (Å²) in [5.74, 6) is 1.94. The van der Waals surface area contributed by atoms with Crippen LogP contribution in [0.25, 0.3) is 0 Å². The lowest BCUT2D eigenvalue weighted by atomic mass is 10.0. The number of rotatable bonds is 7. The van der Waals surface area contributed by atoms with E-state index in [1.54, 1.807) is 0 Å². The predicted octanol–water partition coefficient (Wildman–Crippen LogP) is 4.57. The Morgan fingerprint density at radius 3 is 2.76 bits per heavy atom. The molecule has 2 unspecified atom stereocenters. The van der Waals surface area contributed by atoms with Crippen LogP contribution < -0.4 is 5.32 Å². The summed E-state index contributed by atoms with van der Waals surface area (Å²) in [6.07, 6.45) is 2.52. The van der Waals surface area contributed by atoms with Crippen molar-refractivity contribution in [3.8, 4) is 0 Å². The largest absolute Gasteiger partial charge is 0.316 e. The summed E-state index contributed by atoms with van der Waals surface area (Å²) in [6, 6.07) is 9.12. The minimum atomic E-state index is 0.605. The van der Waals surface area contributed by atoms with Crippen molar-refractivity contribution >= 4 is 27.7 Å². The van der Waals surface area contributed by atoms with Crippen molar-refractivity contribution in [2.75, 3.05) is 12.8 Å². The average molecular weight is 316 g/mol. The van der Waals surface area contributed by atoms with E-state index in [-0.39, 0.29) is 0 Å². The lowest BCUT2D eigenvalue weighted by Crippen LogP contribution is -2.29. The van der Waals surface area contributed by atoms with Crippen LogP contribution in [0, 0.1) is 5.92 Å². The first kappa shape index (κ1) is 15.1. The lowest BCUT2D eigenvalue weighted by Gasteiger charge is -2.19. The fraction of sp³-hybridized carbons (Fsp3) is 0.571. The Morgan fingerprint density at radius 2 is 2.18 bits per heavy atom. The normalized spacial score (nSPS) is 14.6. The first-order valence-corrected chi connectivity index (χ1v) is 7.99. The Balaban J connectivity index is 2.42. The van der Waals surface area contributed by atoms with E-state index in [2.05, 4.69) is 66.4 Å². The zero-order chi connectivity index (χ0) is 12.7. The van der Waals surface area contributed by atoms with Crippen LogP contribution in [-0.2, 0) is 0 Å². The highest BCUT2D eigenvalue weighted by Gasteiger charge is 2.10. The average Bonchev–Trinajstić information content (AvgIpc) is 2.34. The van der Waals surface area contributed by atoms with E-state index in [0.29, 0.717) is 6.04 Å². The van der Waals surface area contributed by atoms with Gasteiger partial charge < -0.3 is 5.32 Å². The molecule has 17 heavy (non-hydrogen) atoms. The van der Waals surface area contributed by atoms with Gasteiger partial charge in [-0.2, -0.15) is 0 Å². The summed E-state index contributed by atoms with van der Waals surface area (Å²) in [6.45, 7) is 4.59. The topological polar surface area (TPSA) is 12.0 Å². The molecule has 2 atom stereocenters. The van der Waals surface area contributed by atoms with Gasteiger partial charge in [-0.05, 0) is 37.6 Å². The molecule has 1 nitrogen and oxygen atoms in total. The van der Waals surface area contributed by atoms with Crippen LogP contribution in [0.3, 0.4) is 0 Å². The van der Waals surface area contributed by atoms with Gasteiger partial charge in [0.2, 0.25) is 0 Å². The Hall–Kier alpha value is 0.01000. The van der Waals surface area contributed by atoms with Gasteiger partial charge in [-0.25, -0.2) is 0 Å². The minimum absolute atomic E-state index is 0.605. The van der Waals surface area contributed by atoms with E-state index >= 15 is 0 Å². The fourth-order valence-electron chi connectivity index (χ4n) is 1.68. The van der Waals surface area contributed by atoms with E-state index < -0.39 is 0 Å². The number of thioether (sulfide) groups is 1. The summed E-state index contributed by atoms with van der Waals surface area (Å²) in [5.41, 5.74) is 0. The molecule has 1 N–H and O–H groups in total. The molecular weight excluding hydrogens is 294 g/mol. The first-order valence-electron chi connectivity index (χ1n) is 6.21. The Morgan fingerprint density at radius 1 is 1.41 bits per heavy atom. The number of hydrogen-bond acceptors (Lipinski definition) is 2. The summed E-state index contributed by atoms with van der Waals surface area (Å²) in [4.78, 5) is 1.34. The molecule has 0 aliphatic carbocycles. The highest BCUT2D eigenvalue weighted by atomic mass is 79.9. The zero-order valence-corrected chi connectivity index (χ0v) is 13.3. The van der Waals surface area contributed by atoms with Gasteiger partial charge in [0, 0.05) is 21.2 Å². The quantitative estimate of drug-likeness (QED) is 0.740. The molecule has 0 radical (unpaired) electrons. The second-order valence-electron chi connectivity index (χ2n) is 4.50. The number of nitrogens with one attached hydrogen (secondary N) is 1. The molecule has 0 aromatic heterocycles. The second kappa shape index (κ2) is 8.17. The molecule has 0 saturated carbocycles. The van der Waals surface area contributed by atoms with Gasteiger partial charge in [0.1, 0.15) is 0 Å². The van der Waals surface area contributed by atoms with Crippen molar-refractivity contribution in [3.05, 3.63) is 28.7 Å². The number of hydrogen-bond donors (Lipinski definition) is 1. The molecule has 0 amide bonds. The third-order valence-corrected chi connectivity index (χ3v) is 4.69. The first-order chi connectivity index (χ1) is 8.15. The van der Waals surface area contributed by atoms with E-state index in [9.17, 15) is 0 Å². The smallest absolute Gasteiger partial charge is 0.0186 e. The maximum absolute atomic E-state index is 3.51. The summed E-state index contributed by atoms with van der Waals surface area (Å²) in [5, 5.41) is 3.42. The monoisotopic (exact) mass is 315 g/mol. The van der Waals surface area contributed by atoms with Gasteiger partial charge in [-0.15, -0.1) is 11.8 Å². The maximum Gasteiger partial charge on any atom is 0.0186 e. The lowest BCUT2D eigenvalue weighted by molar-refractivity contribution is 0.436. The van der Waals surface area contributed by atoms with Gasteiger partial charge in [0.25, 0.3) is 0 Å². The van der Waals surface area contributed by atoms with Crippen molar-refractivity contribution < 1.29 is 0 Å². The fourth-order valence-corrected chi connectivity index (χ4v) is 3.31. The third-order valence-electron chi connectivity index (χ3n) is 3.04. The summed E-state index contributed by atoms with van der Waals surface area (Å²) < 4.78 is 1.16. The van der Waals surface area contributed by atoms with Gasteiger partial charge in [0.15, 0.2) is 0 Å². The van der Waals surface area contributed by atoms with Gasteiger partial charge in [0.05, 0.1) is 0 Å². The van der Waals surface area contributed by atoms with Crippen molar-refractivity contribution in [2.24, 2.45) is 5.92 Å². The van der Waals surface area contributed by atoms with Crippen LogP contribution in [0.15, 0.2) is 33.6 Å². The Bertz CT molecular complexity index is 330. The molecule has 0 spiro atoms. The molecule has 1 aromatic rings. The molecule has 3 heteroatoms. The highest BCUT2D eigenvalue weighted by Crippen LogP contribution is 2.24. The van der Waals surface area contributed by atoms with Gasteiger partial charge >= 0.3 is 0 Å². The van der Waals surface area contributed by atoms with Gasteiger partial charge in [-0.1, -0.05) is 42.3 Å². The third kappa shape index (κ3) is 5.94. The molecule has 0 fully saturated rings. The molecule has 0 aliphatic rings. The van der Waals surface area contributed by atoms with Crippen molar-refractivity contribution in [1.82, 2.24) is 5.32 Å². The number of halogens is 1. The molecule has 0 heterocycles. The molecule has 1 rings (SSSR count). The standard InChI is InChI=1S/C14H22BrNS/c1-4-11(2)8-13(16-3)10-17-14-7-5-6-12(15)9-14/h5-7,9,11,13,16H,4,8,10H2,1-3H3. The second-order valence-corrected chi connectivity index (χ2v) is 6.51. The van der Waals surface area contributed by atoms with E-state index in [4.69, 9.17) is 0 Å². The van der Waals surface area contributed by atoms with Crippen LogP contribution in [0.4, 0.5) is 0 Å². The van der Waals surface area contributed by atoms with Crippen LogP contribution >= 0.6 is 27.7 Å². The van der Waals surface area contributed by atoms with Crippen molar-refractivity contribution in [3.63, 3.8) is 0 Å². The zero-order valence-electron chi connectivity index (χ0n) is 10.9. The van der Waals surface area contributed by atoms with Crippen LogP contribution in [0.2, 0.25) is 0 Å². The Labute approximate surface area is 118 Å². The SMILES string of the molecule is CCC(C)CC(CSc1cccc(Br)c1)NC. The van der Waals surface area contributed by atoms with E-state index in [0.717, 1.165) is 16.1 Å². The summed E-state index contributed by atoms with van der Waals surface area (Å²) in [7, 11) is 2.06. The Kier molecular flexibility index (Phi) is 7.24.